The van der Waals surface area contributed by atoms with Crippen molar-refractivity contribution in [1.82, 2.24) is 0 Å². The molecule has 0 heterocycles. The van der Waals surface area contributed by atoms with Crippen LogP contribution in [0.1, 0.15) is 75.9 Å². The number of hydrogen-bond donors (Lipinski definition) is 1. The van der Waals surface area contributed by atoms with E-state index in [4.69, 9.17) is 10.00 Å². The lowest BCUT2D eigenvalue weighted by Crippen LogP contribution is -2.24. The zero-order valence-corrected chi connectivity index (χ0v) is 19.3. The highest BCUT2D eigenvalue weighted by atomic mass is 16.5. The number of nitriles is 1. The first kappa shape index (κ1) is 24.1. The van der Waals surface area contributed by atoms with Crippen LogP contribution in [0.5, 0.6) is 5.75 Å². The summed E-state index contributed by atoms with van der Waals surface area (Å²) < 4.78 is 5.93. The summed E-state index contributed by atoms with van der Waals surface area (Å²) in [6, 6.07) is 14.0. The molecular weight excluding hydrogens is 388 g/mol. The van der Waals surface area contributed by atoms with E-state index >= 15 is 0 Å². The maximum atomic E-state index is 12.4. The minimum Gasteiger partial charge on any atom is -0.483 e. The number of Topliss-reactive ketones (excluding diaryl/α,β-unsaturated/α-hetero) is 1. The number of nitrogens with one attached hydrogen (secondary N) is 1. The van der Waals surface area contributed by atoms with Gasteiger partial charge in [0, 0.05) is 16.8 Å². The van der Waals surface area contributed by atoms with Gasteiger partial charge in [0.25, 0.3) is 11.7 Å². The standard InChI is InChI=1S/C26H32N2O3/c1-7-25(3,4)19-11-14-23(21(15-19)26(5,6)8-2)31-17-24(30)28-20-12-9-18(10-13-20)22(29)16-27/h9-15H,7-8,17H2,1-6H3,(H,28,30). The van der Waals surface area contributed by atoms with E-state index in [1.54, 1.807) is 18.2 Å². The van der Waals surface area contributed by atoms with Crippen LogP contribution in [-0.4, -0.2) is 18.3 Å². The van der Waals surface area contributed by atoms with Crippen molar-refractivity contribution in [3.05, 3.63) is 59.2 Å². The molecular formula is C26H32N2O3. The molecule has 31 heavy (non-hydrogen) atoms. The molecule has 1 amide bonds. The number of amides is 1. The van der Waals surface area contributed by atoms with Gasteiger partial charge in [0.1, 0.15) is 11.8 Å². The van der Waals surface area contributed by atoms with Crippen molar-refractivity contribution in [3.63, 3.8) is 0 Å². The molecule has 0 saturated heterocycles. The Balaban J connectivity index is 2.15. The summed E-state index contributed by atoms with van der Waals surface area (Å²) in [5, 5.41) is 11.4. The second-order valence-electron chi connectivity index (χ2n) is 9.04. The predicted molar refractivity (Wildman–Crippen MR) is 124 cm³/mol. The molecule has 0 radical (unpaired) electrons. The average Bonchev–Trinajstić information content (AvgIpc) is 2.77. The van der Waals surface area contributed by atoms with Crippen molar-refractivity contribution in [2.45, 2.75) is 65.2 Å². The van der Waals surface area contributed by atoms with Crippen LogP contribution >= 0.6 is 0 Å². The van der Waals surface area contributed by atoms with Crippen molar-refractivity contribution in [2.24, 2.45) is 0 Å². The molecule has 0 unspecified atom stereocenters. The molecule has 2 rings (SSSR count). The van der Waals surface area contributed by atoms with Crippen LogP contribution in [-0.2, 0) is 15.6 Å². The number of benzene rings is 2. The fourth-order valence-electron chi connectivity index (χ4n) is 3.11. The Kier molecular flexibility index (Phi) is 7.62. The molecule has 0 aliphatic heterocycles. The Morgan fingerprint density at radius 3 is 2.13 bits per heavy atom. The molecule has 0 spiro atoms. The van der Waals surface area contributed by atoms with Crippen LogP contribution in [0, 0.1) is 11.3 Å². The molecule has 164 valence electrons. The SMILES string of the molecule is CCC(C)(C)c1ccc(OCC(=O)Nc2ccc(C(=O)C#N)cc2)c(C(C)(C)CC)c1. The van der Waals surface area contributed by atoms with Gasteiger partial charge in [0.05, 0.1) is 0 Å². The lowest BCUT2D eigenvalue weighted by molar-refractivity contribution is -0.118. The van der Waals surface area contributed by atoms with E-state index < -0.39 is 5.78 Å². The lowest BCUT2D eigenvalue weighted by Gasteiger charge is -2.30. The van der Waals surface area contributed by atoms with Gasteiger partial charge in [-0.25, -0.2) is 0 Å². The Labute approximate surface area is 185 Å². The smallest absolute Gasteiger partial charge is 0.262 e. The predicted octanol–water partition coefficient (Wildman–Crippen LogP) is 5.79. The monoisotopic (exact) mass is 420 g/mol. The Morgan fingerprint density at radius 1 is 0.968 bits per heavy atom. The van der Waals surface area contributed by atoms with E-state index in [1.807, 2.05) is 6.07 Å². The maximum Gasteiger partial charge on any atom is 0.262 e. The molecule has 0 atom stereocenters. The fraction of sp³-hybridized carbons (Fsp3) is 0.423. The van der Waals surface area contributed by atoms with Crippen LogP contribution in [0.4, 0.5) is 5.69 Å². The zero-order valence-electron chi connectivity index (χ0n) is 19.3. The van der Waals surface area contributed by atoms with Gasteiger partial charge >= 0.3 is 0 Å². The van der Waals surface area contributed by atoms with Crippen molar-refractivity contribution in [1.29, 1.82) is 5.26 Å². The summed E-state index contributed by atoms with van der Waals surface area (Å²) in [6.45, 7) is 13.0. The summed E-state index contributed by atoms with van der Waals surface area (Å²) in [6.07, 6.45) is 1.97. The number of anilines is 1. The molecule has 2 aromatic rings. The fourth-order valence-corrected chi connectivity index (χ4v) is 3.11. The van der Waals surface area contributed by atoms with E-state index in [2.05, 4.69) is 59.0 Å². The quantitative estimate of drug-likeness (QED) is 0.411. The summed E-state index contributed by atoms with van der Waals surface area (Å²) >= 11 is 0. The third-order valence-electron chi connectivity index (χ3n) is 6.15. The molecule has 5 nitrogen and oxygen atoms in total. The van der Waals surface area contributed by atoms with Gasteiger partial charge in [-0.15, -0.1) is 0 Å². The average molecular weight is 421 g/mol. The van der Waals surface area contributed by atoms with Crippen molar-refractivity contribution in [3.8, 4) is 11.8 Å². The van der Waals surface area contributed by atoms with Crippen LogP contribution < -0.4 is 10.1 Å². The second kappa shape index (κ2) is 9.78. The van der Waals surface area contributed by atoms with Gasteiger partial charge in [0.15, 0.2) is 6.61 Å². The lowest BCUT2D eigenvalue weighted by atomic mass is 9.76. The van der Waals surface area contributed by atoms with E-state index in [1.165, 1.54) is 17.7 Å². The second-order valence-corrected chi connectivity index (χ2v) is 9.04. The number of ketones is 1. The molecule has 0 aliphatic rings. The first-order chi connectivity index (χ1) is 14.5. The third kappa shape index (κ3) is 5.95. The molecule has 2 aromatic carbocycles. The zero-order chi connectivity index (χ0) is 23.2. The number of carbonyl (C=O) groups is 2. The largest absolute Gasteiger partial charge is 0.483 e. The normalized spacial score (nSPS) is 11.5. The number of rotatable bonds is 9. The van der Waals surface area contributed by atoms with Crippen LogP contribution in [0.2, 0.25) is 0 Å². The van der Waals surface area contributed by atoms with Crippen molar-refractivity contribution < 1.29 is 14.3 Å². The Hall–Kier alpha value is -3.13. The number of carbonyl (C=O) groups excluding carboxylic acids is 2. The topological polar surface area (TPSA) is 79.2 Å². The minimum atomic E-state index is -0.609. The molecule has 1 N–H and O–H groups in total. The minimum absolute atomic E-state index is 0.0631. The molecule has 0 saturated carbocycles. The highest BCUT2D eigenvalue weighted by Crippen LogP contribution is 2.38. The highest BCUT2D eigenvalue weighted by Gasteiger charge is 2.26. The summed E-state index contributed by atoms with van der Waals surface area (Å²) in [7, 11) is 0. The first-order valence-electron chi connectivity index (χ1n) is 10.7. The van der Waals surface area contributed by atoms with Gasteiger partial charge < -0.3 is 10.1 Å². The first-order valence-corrected chi connectivity index (χ1v) is 10.7. The van der Waals surface area contributed by atoms with Crippen LogP contribution in [0.3, 0.4) is 0 Å². The number of ether oxygens (including phenoxy) is 1. The maximum absolute atomic E-state index is 12.4. The molecule has 0 aliphatic carbocycles. The Morgan fingerprint density at radius 2 is 1.58 bits per heavy atom. The molecule has 0 bridgehead atoms. The van der Waals surface area contributed by atoms with Gasteiger partial charge in [0.2, 0.25) is 0 Å². The third-order valence-corrected chi connectivity index (χ3v) is 6.15. The van der Waals surface area contributed by atoms with Crippen molar-refractivity contribution >= 4 is 17.4 Å². The van der Waals surface area contributed by atoms with Gasteiger partial charge in [-0.05, 0) is 59.6 Å². The van der Waals surface area contributed by atoms with E-state index in [0.29, 0.717) is 17.0 Å². The molecule has 5 heteroatoms. The molecule has 0 aromatic heterocycles. The van der Waals surface area contributed by atoms with Crippen LogP contribution in [0.15, 0.2) is 42.5 Å². The summed E-state index contributed by atoms with van der Waals surface area (Å²) in [5.41, 5.74) is 3.16. The van der Waals surface area contributed by atoms with Gasteiger partial charge in [-0.2, -0.15) is 5.26 Å². The number of nitrogens with zero attached hydrogens (tertiary/aromatic N) is 1. The van der Waals surface area contributed by atoms with Crippen LogP contribution in [0.25, 0.3) is 0 Å². The van der Waals surface area contributed by atoms with E-state index in [9.17, 15) is 9.59 Å². The van der Waals surface area contributed by atoms with Gasteiger partial charge in [-0.3, -0.25) is 9.59 Å². The summed E-state index contributed by atoms with van der Waals surface area (Å²) in [5.74, 6) is -0.188. The van der Waals surface area contributed by atoms with Gasteiger partial charge in [-0.1, -0.05) is 53.7 Å². The van der Waals surface area contributed by atoms with Crippen molar-refractivity contribution in [2.75, 3.05) is 11.9 Å². The highest BCUT2D eigenvalue weighted by molar-refractivity contribution is 6.07. The van der Waals surface area contributed by atoms with E-state index in [0.717, 1.165) is 18.4 Å². The summed E-state index contributed by atoms with van der Waals surface area (Å²) in [4.78, 5) is 23.8. The number of hydrogen-bond acceptors (Lipinski definition) is 4. The van der Waals surface area contributed by atoms with E-state index in [-0.39, 0.29) is 23.3 Å². The molecule has 0 fully saturated rings. The Bertz CT molecular complexity index is 983.